The highest BCUT2D eigenvalue weighted by atomic mass is 79.9. The molecule has 0 aliphatic heterocycles. The van der Waals surface area contributed by atoms with Crippen molar-refractivity contribution in [2.45, 2.75) is 19.4 Å². The smallest absolute Gasteiger partial charge is 0.104 e. The minimum absolute atomic E-state index is 0.557. The average molecular weight is 291 g/mol. The second kappa shape index (κ2) is 5.48. The van der Waals surface area contributed by atoms with Crippen LogP contribution in [0.1, 0.15) is 29.7 Å². The minimum Gasteiger partial charge on any atom is -0.384 e. The molecule has 0 aliphatic rings. The lowest BCUT2D eigenvalue weighted by atomic mass is 10.00. The van der Waals surface area contributed by atoms with Gasteiger partial charge >= 0.3 is 0 Å². The highest BCUT2D eigenvalue weighted by molar-refractivity contribution is 9.10. The van der Waals surface area contributed by atoms with E-state index in [0.29, 0.717) is 0 Å². The van der Waals surface area contributed by atoms with Gasteiger partial charge in [0.15, 0.2) is 0 Å². The molecule has 1 N–H and O–H groups in total. The van der Waals surface area contributed by atoms with E-state index in [0.717, 1.165) is 22.0 Å². The molecule has 2 rings (SSSR count). The molecule has 17 heavy (non-hydrogen) atoms. The van der Waals surface area contributed by atoms with Gasteiger partial charge in [0.05, 0.1) is 0 Å². The van der Waals surface area contributed by atoms with Gasteiger partial charge in [-0.2, -0.15) is 0 Å². The zero-order valence-electron chi connectivity index (χ0n) is 9.73. The number of aryl methyl sites for hydroxylation is 1. The van der Waals surface area contributed by atoms with Crippen LogP contribution in [0.25, 0.3) is 0 Å². The third-order valence-electron chi connectivity index (χ3n) is 2.87. The Bertz CT molecular complexity index is 491. The number of halogens is 1. The van der Waals surface area contributed by atoms with Crippen LogP contribution in [0.5, 0.6) is 0 Å². The zero-order chi connectivity index (χ0) is 12.3. The molecule has 2 aromatic carbocycles. The fraction of sp³-hybridized carbons (Fsp3) is 0.200. The Hall–Kier alpha value is -1.12. The summed E-state index contributed by atoms with van der Waals surface area (Å²) in [5.41, 5.74) is 3.12. The summed E-state index contributed by atoms with van der Waals surface area (Å²) in [6.07, 6.45) is 0.464. The van der Waals surface area contributed by atoms with E-state index in [-0.39, 0.29) is 0 Å². The first-order chi connectivity index (χ1) is 8.20. The number of aliphatic hydroxyl groups is 1. The second-order valence-electron chi connectivity index (χ2n) is 4.05. The number of aliphatic hydroxyl groups excluding tert-OH is 1. The number of rotatable bonds is 3. The first-order valence-electron chi connectivity index (χ1n) is 5.73. The van der Waals surface area contributed by atoms with Crippen molar-refractivity contribution in [1.82, 2.24) is 0 Å². The summed E-state index contributed by atoms with van der Waals surface area (Å²) in [6, 6.07) is 15.9. The number of benzene rings is 2. The summed E-state index contributed by atoms with van der Waals surface area (Å²) in [5, 5.41) is 10.3. The van der Waals surface area contributed by atoms with Crippen molar-refractivity contribution in [2.75, 3.05) is 0 Å². The van der Waals surface area contributed by atoms with E-state index in [1.54, 1.807) is 0 Å². The molecule has 0 amide bonds. The Kier molecular flexibility index (Phi) is 3.97. The molecule has 2 heteroatoms. The monoisotopic (exact) mass is 290 g/mol. The van der Waals surface area contributed by atoms with E-state index in [4.69, 9.17) is 0 Å². The van der Waals surface area contributed by atoms with Crippen LogP contribution in [0.4, 0.5) is 0 Å². The molecular weight excluding hydrogens is 276 g/mol. The molecule has 0 bridgehead atoms. The van der Waals surface area contributed by atoms with Crippen molar-refractivity contribution in [3.8, 4) is 0 Å². The van der Waals surface area contributed by atoms with Crippen LogP contribution in [0.2, 0.25) is 0 Å². The summed E-state index contributed by atoms with van der Waals surface area (Å²) in [7, 11) is 0. The van der Waals surface area contributed by atoms with Gasteiger partial charge in [-0.25, -0.2) is 0 Å². The van der Waals surface area contributed by atoms with E-state index < -0.39 is 6.10 Å². The summed E-state index contributed by atoms with van der Waals surface area (Å²) >= 11 is 3.41. The van der Waals surface area contributed by atoms with Crippen LogP contribution in [0, 0.1) is 0 Å². The number of hydrogen-bond donors (Lipinski definition) is 1. The Morgan fingerprint density at radius 2 is 1.76 bits per heavy atom. The lowest BCUT2D eigenvalue weighted by Crippen LogP contribution is -1.99. The predicted molar refractivity (Wildman–Crippen MR) is 74.0 cm³/mol. The Labute approximate surface area is 110 Å². The van der Waals surface area contributed by atoms with Crippen molar-refractivity contribution in [3.63, 3.8) is 0 Å². The van der Waals surface area contributed by atoms with Crippen molar-refractivity contribution in [2.24, 2.45) is 0 Å². The van der Waals surface area contributed by atoms with Crippen LogP contribution in [0.3, 0.4) is 0 Å². The summed E-state index contributed by atoms with van der Waals surface area (Å²) in [4.78, 5) is 0. The normalized spacial score (nSPS) is 12.4. The maximum Gasteiger partial charge on any atom is 0.104 e. The van der Waals surface area contributed by atoms with Gasteiger partial charge in [-0.05, 0) is 35.2 Å². The topological polar surface area (TPSA) is 20.2 Å². The predicted octanol–water partition coefficient (Wildman–Crippen LogP) is 4.09. The lowest BCUT2D eigenvalue weighted by molar-refractivity contribution is 0.220. The van der Waals surface area contributed by atoms with E-state index in [1.165, 1.54) is 5.56 Å². The van der Waals surface area contributed by atoms with Crippen molar-refractivity contribution in [1.29, 1.82) is 0 Å². The standard InChI is InChI=1S/C15H15BrO/c1-2-11-6-8-12(9-7-11)15(17)13-4-3-5-14(16)10-13/h3-10,15,17H,2H2,1H3. The van der Waals surface area contributed by atoms with Crippen molar-refractivity contribution >= 4 is 15.9 Å². The third-order valence-corrected chi connectivity index (χ3v) is 3.36. The van der Waals surface area contributed by atoms with E-state index in [2.05, 4.69) is 35.0 Å². The van der Waals surface area contributed by atoms with Gasteiger partial charge in [-0.1, -0.05) is 59.3 Å². The van der Waals surface area contributed by atoms with Crippen LogP contribution in [0.15, 0.2) is 53.0 Å². The summed E-state index contributed by atoms with van der Waals surface area (Å²) in [6.45, 7) is 2.12. The van der Waals surface area contributed by atoms with Gasteiger partial charge in [-0.15, -0.1) is 0 Å². The molecule has 0 aliphatic carbocycles. The molecule has 2 aromatic rings. The maximum atomic E-state index is 10.3. The molecule has 0 fully saturated rings. The van der Waals surface area contributed by atoms with Crippen molar-refractivity contribution in [3.05, 3.63) is 69.7 Å². The second-order valence-corrected chi connectivity index (χ2v) is 4.97. The van der Waals surface area contributed by atoms with Crippen LogP contribution >= 0.6 is 15.9 Å². The fourth-order valence-electron chi connectivity index (χ4n) is 1.80. The van der Waals surface area contributed by atoms with E-state index >= 15 is 0 Å². The van der Waals surface area contributed by atoms with Gasteiger partial charge in [0.2, 0.25) is 0 Å². The first-order valence-corrected chi connectivity index (χ1v) is 6.52. The molecule has 0 heterocycles. The molecule has 1 nitrogen and oxygen atoms in total. The Morgan fingerprint density at radius 3 is 2.35 bits per heavy atom. The zero-order valence-corrected chi connectivity index (χ0v) is 11.3. The van der Waals surface area contributed by atoms with Gasteiger partial charge < -0.3 is 5.11 Å². The van der Waals surface area contributed by atoms with Gasteiger partial charge in [0.1, 0.15) is 6.10 Å². The largest absolute Gasteiger partial charge is 0.384 e. The lowest BCUT2D eigenvalue weighted by Gasteiger charge is -2.12. The highest BCUT2D eigenvalue weighted by Gasteiger charge is 2.10. The maximum absolute atomic E-state index is 10.3. The third kappa shape index (κ3) is 2.96. The average Bonchev–Trinajstić information content (AvgIpc) is 2.38. The molecule has 0 spiro atoms. The summed E-state index contributed by atoms with van der Waals surface area (Å²) in [5.74, 6) is 0. The fourth-order valence-corrected chi connectivity index (χ4v) is 2.22. The number of hydrogen-bond acceptors (Lipinski definition) is 1. The molecule has 88 valence electrons. The molecule has 0 radical (unpaired) electrons. The van der Waals surface area contributed by atoms with E-state index in [1.807, 2.05) is 36.4 Å². The highest BCUT2D eigenvalue weighted by Crippen LogP contribution is 2.24. The van der Waals surface area contributed by atoms with Gasteiger partial charge in [0, 0.05) is 4.47 Å². The van der Waals surface area contributed by atoms with Crippen LogP contribution in [-0.2, 0) is 6.42 Å². The quantitative estimate of drug-likeness (QED) is 0.903. The van der Waals surface area contributed by atoms with Gasteiger partial charge in [0.25, 0.3) is 0 Å². The Balaban J connectivity index is 2.27. The van der Waals surface area contributed by atoms with E-state index in [9.17, 15) is 5.11 Å². The summed E-state index contributed by atoms with van der Waals surface area (Å²) < 4.78 is 0.985. The van der Waals surface area contributed by atoms with Crippen LogP contribution in [-0.4, -0.2) is 5.11 Å². The molecule has 1 unspecified atom stereocenters. The minimum atomic E-state index is -0.557. The van der Waals surface area contributed by atoms with Gasteiger partial charge in [-0.3, -0.25) is 0 Å². The molecular formula is C15H15BrO. The van der Waals surface area contributed by atoms with Crippen LogP contribution < -0.4 is 0 Å². The first kappa shape index (κ1) is 12.3. The molecule has 0 saturated carbocycles. The molecule has 0 aromatic heterocycles. The molecule has 0 saturated heterocycles. The van der Waals surface area contributed by atoms with Crippen molar-refractivity contribution < 1.29 is 5.11 Å². The Morgan fingerprint density at radius 1 is 1.06 bits per heavy atom. The SMILES string of the molecule is CCc1ccc(C(O)c2cccc(Br)c2)cc1. The molecule has 1 atom stereocenters.